The molecular formula is C28H17F3N3PPt. The fourth-order valence-corrected chi connectivity index (χ4v) is 3.88. The van der Waals surface area contributed by atoms with Crippen molar-refractivity contribution in [1.29, 1.82) is 0 Å². The molecule has 5 rings (SSSR count). The maximum absolute atomic E-state index is 14.6. The Balaban J connectivity index is 0.00000304. The molecule has 0 aliphatic rings. The summed E-state index contributed by atoms with van der Waals surface area (Å²) in [5.74, 6) is -0.988. The zero-order valence-electron chi connectivity index (χ0n) is 18.5. The quantitative estimate of drug-likeness (QED) is 0.152. The third kappa shape index (κ3) is 5.41. The molecule has 0 spiro atoms. The molecule has 3 aromatic carbocycles. The number of anilines is 3. The minimum absolute atomic E-state index is 0. The number of aromatic nitrogens is 2. The van der Waals surface area contributed by atoms with Gasteiger partial charge in [0.15, 0.2) is 0 Å². The van der Waals surface area contributed by atoms with Crippen molar-refractivity contribution in [1.82, 2.24) is 9.97 Å². The van der Waals surface area contributed by atoms with Crippen LogP contribution in [0.1, 0.15) is 0 Å². The van der Waals surface area contributed by atoms with Crippen molar-refractivity contribution in [2.75, 3.05) is 4.90 Å². The van der Waals surface area contributed by atoms with Crippen molar-refractivity contribution in [2.24, 2.45) is 0 Å². The van der Waals surface area contributed by atoms with E-state index in [4.69, 9.17) is 4.98 Å². The SMILES string of the molecule is Fc1c[c-]c(-c2cccc(N(c3ccccc3)c3cccc(-c4[c-]cc(P)cc4F)n3)n2)c(F)c1.[Pt+2]. The zero-order chi connectivity index (χ0) is 24.4. The second-order valence-electron chi connectivity index (χ2n) is 7.63. The smallest absolute Gasteiger partial charge is 0.280 e. The molecule has 0 aliphatic carbocycles. The van der Waals surface area contributed by atoms with Gasteiger partial charge in [-0.15, -0.1) is 35.6 Å². The van der Waals surface area contributed by atoms with Crippen LogP contribution in [0.5, 0.6) is 0 Å². The van der Waals surface area contributed by atoms with Gasteiger partial charge in [-0.25, -0.2) is 0 Å². The van der Waals surface area contributed by atoms with Gasteiger partial charge in [-0.1, -0.05) is 59.7 Å². The van der Waals surface area contributed by atoms with Gasteiger partial charge in [0.1, 0.15) is 11.6 Å². The second-order valence-corrected chi connectivity index (χ2v) is 8.30. The van der Waals surface area contributed by atoms with Crippen molar-refractivity contribution in [3.05, 3.63) is 121 Å². The van der Waals surface area contributed by atoms with Crippen LogP contribution in [0.4, 0.5) is 30.5 Å². The first kappa shape index (κ1) is 25.8. The third-order valence-electron chi connectivity index (χ3n) is 5.23. The Kier molecular flexibility index (Phi) is 7.98. The molecule has 0 amide bonds. The summed E-state index contributed by atoms with van der Waals surface area (Å²) in [6, 6.07) is 30.2. The van der Waals surface area contributed by atoms with Crippen LogP contribution in [-0.2, 0) is 21.1 Å². The molecule has 0 bridgehead atoms. The van der Waals surface area contributed by atoms with E-state index in [1.807, 2.05) is 30.3 Å². The largest absolute Gasteiger partial charge is 2.00 e. The van der Waals surface area contributed by atoms with Crippen LogP contribution in [0.2, 0.25) is 0 Å². The van der Waals surface area contributed by atoms with Gasteiger partial charge in [-0.3, -0.25) is 28.0 Å². The van der Waals surface area contributed by atoms with E-state index in [0.717, 1.165) is 17.8 Å². The molecule has 0 saturated heterocycles. The first-order valence-corrected chi connectivity index (χ1v) is 11.2. The van der Waals surface area contributed by atoms with E-state index in [2.05, 4.69) is 26.4 Å². The maximum Gasteiger partial charge on any atom is 2.00 e. The summed E-state index contributed by atoms with van der Waals surface area (Å²) in [6.07, 6.45) is 0. The van der Waals surface area contributed by atoms with E-state index in [9.17, 15) is 13.2 Å². The van der Waals surface area contributed by atoms with Crippen LogP contribution >= 0.6 is 9.24 Å². The number of pyridine rings is 2. The Morgan fingerprint density at radius 2 is 1.22 bits per heavy atom. The normalized spacial score (nSPS) is 10.6. The summed E-state index contributed by atoms with van der Waals surface area (Å²) in [6.45, 7) is 0. The zero-order valence-corrected chi connectivity index (χ0v) is 22.0. The third-order valence-corrected chi connectivity index (χ3v) is 5.56. The molecule has 2 aromatic heterocycles. The van der Waals surface area contributed by atoms with Crippen molar-refractivity contribution >= 4 is 31.9 Å². The molecule has 180 valence electrons. The Morgan fingerprint density at radius 1 is 0.667 bits per heavy atom. The molecule has 5 aromatic rings. The van der Waals surface area contributed by atoms with Crippen molar-refractivity contribution in [2.45, 2.75) is 0 Å². The number of nitrogens with zero attached hydrogens (tertiary/aromatic N) is 3. The fourth-order valence-electron chi connectivity index (χ4n) is 3.66. The second kappa shape index (κ2) is 11.2. The van der Waals surface area contributed by atoms with Crippen LogP contribution in [0, 0.1) is 29.6 Å². The molecule has 8 heteroatoms. The maximum atomic E-state index is 14.6. The monoisotopic (exact) mass is 678 g/mol. The van der Waals surface area contributed by atoms with Gasteiger partial charge in [0.25, 0.3) is 0 Å². The van der Waals surface area contributed by atoms with E-state index in [1.54, 1.807) is 47.4 Å². The van der Waals surface area contributed by atoms with Gasteiger partial charge >= 0.3 is 21.1 Å². The molecule has 0 saturated carbocycles. The minimum atomic E-state index is -0.760. The van der Waals surface area contributed by atoms with Gasteiger partial charge < -0.3 is 0 Å². The fraction of sp³-hybridized carbons (Fsp3) is 0. The van der Waals surface area contributed by atoms with Crippen LogP contribution in [0.15, 0.2) is 91.0 Å². The van der Waals surface area contributed by atoms with Crippen LogP contribution in [-0.4, -0.2) is 9.97 Å². The first-order valence-electron chi connectivity index (χ1n) is 10.6. The van der Waals surface area contributed by atoms with Gasteiger partial charge in [0, 0.05) is 23.1 Å². The standard InChI is InChI=1S/C28H17F3N3P.Pt/c29-18-12-14-21(23(30)16-18)25-8-4-10-27(32-25)34(19-6-2-1-3-7-19)28-11-5-9-26(33-28)22-15-13-20(35)17-24(22)31;/h1-13,16-17H,35H2;/q-2;+2. The predicted molar refractivity (Wildman–Crippen MR) is 134 cm³/mol. The molecule has 3 nitrogen and oxygen atoms in total. The number of hydrogen-bond donors (Lipinski definition) is 0. The minimum Gasteiger partial charge on any atom is -0.280 e. The summed E-state index contributed by atoms with van der Waals surface area (Å²) < 4.78 is 42.5. The summed E-state index contributed by atoms with van der Waals surface area (Å²) >= 11 is 0. The molecule has 0 fully saturated rings. The molecule has 1 atom stereocenters. The van der Waals surface area contributed by atoms with Crippen LogP contribution < -0.4 is 10.2 Å². The molecule has 36 heavy (non-hydrogen) atoms. The molecule has 0 N–H and O–H groups in total. The predicted octanol–water partition coefficient (Wildman–Crippen LogP) is 6.80. The van der Waals surface area contributed by atoms with Crippen LogP contribution in [0.25, 0.3) is 22.5 Å². The molecule has 1 unspecified atom stereocenters. The van der Waals surface area contributed by atoms with Gasteiger partial charge in [-0.2, -0.15) is 9.24 Å². The molecule has 2 heterocycles. The van der Waals surface area contributed by atoms with Crippen LogP contribution in [0.3, 0.4) is 0 Å². The average Bonchev–Trinajstić information content (AvgIpc) is 2.85. The van der Waals surface area contributed by atoms with E-state index in [1.165, 1.54) is 6.07 Å². The summed E-state index contributed by atoms with van der Waals surface area (Å²) in [4.78, 5) is 11.1. The Bertz CT molecular complexity index is 1420. The van der Waals surface area contributed by atoms with E-state index in [-0.39, 0.29) is 37.9 Å². The number of para-hydroxylation sites is 1. The van der Waals surface area contributed by atoms with Crippen molar-refractivity contribution < 1.29 is 34.2 Å². The molecule has 0 radical (unpaired) electrons. The van der Waals surface area contributed by atoms with Gasteiger partial charge in [-0.05, 0) is 35.7 Å². The van der Waals surface area contributed by atoms with Crippen molar-refractivity contribution in [3.8, 4) is 22.5 Å². The summed E-state index contributed by atoms with van der Waals surface area (Å²) in [5.41, 5.74) is 1.73. The average molecular weight is 679 g/mol. The van der Waals surface area contributed by atoms with E-state index >= 15 is 0 Å². The van der Waals surface area contributed by atoms with Crippen molar-refractivity contribution in [3.63, 3.8) is 0 Å². The summed E-state index contributed by atoms with van der Waals surface area (Å²) in [7, 11) is 2.44. The first-order chi connectivity index (χ1) is 17.0. The van der Waals surface area contributed by atoms with E-state index < -0.39 is 17.5 Å². The number of benzene rings is 3. The number of rotatable bonds is 5. The summed E-state index contributed by atoms with van der Waals surface area (Å²) in [5, 5.41) is 0.680. The Hall–Kier alpha value is -3.33. The molecule has 0 aliphatic heterocycles. The van der Waals surface area contributed by atoms with E-state index in [0.29, 0.717) is 22.6 Å². The Morgan fingerprint density at radius 3 is 1.78 bits per heavy atom. The topological polar surface area (TPSA) is 29.0 Å². The molecular weight excluding hydrogens is 661 g/mol. The number of halogens is 3. The Labute approximate surface area is 223 Å². The number of hydrogen-bond acceptors (Lipinski definition) is 3. The van der Waals surface area contributed by atoms with Gasteiger partial charge in [0.2, 0.25) is 0 Å². The van der Waals surface area contributed by atoms with Gasteiger partial charge in [0.05, 0.1) is 0 Å².